The molecule has 0 spiro atoms. The fraction of sp³-hybridized carbons (Fsp3) is 0.545. The minimum absolute atomic E-state index is 0.0784. The van der Waals surface area contributed by atoms with Crippen LogP contribution in [0.5, 0.6) is 0 Å². The van der Waals surface area contributed by atoms with Crippen LogP contribution in [0.2, 0.25) is 0 Å². The van der Waals surface area contributed by atoms with Crippen LogP contribution in [0.4, 0.5) is 4.79 Å². The van der Waals surface area contributed by atoms with Gasteiger partial charge in [0, 0.05) is 44.9 Å². The lowest BCUT2D eigenvalue weighted by Gasteiger charge is -2.23. The highest BCUT2D eigenvalue weighted by Crippen LogP contribution is 2.15. The van der Waals surface area contributed by atoms with Gasteiger partial charge in [0.05, 0.1) is 6.04 Å². The van der Waals surface area contributed by atoms with Gasteiger partial charge in [0.1, 0.15) is 5.60 Å². The number of carbonyl (C=O) groups excluding carboxylic acids is 1. The number of aliphatic imine (C=N–C) groups is 1. The molecule has 1 aliphatic rings. The van der Waals surface area contributed by atoms with E-state index >= 15 is 0 Å². The molecule has 1 aromatic carbocycles. The standard InChI is InChI=1S/C22H33N5O2/c1-22(2,3)29-21(28)25-18-11-15-27(16-18)20(23-4)24-12-7-13-26-14-10-17-8-5-6-9-19(17)26/h5-6,8-10,14,18H,7,11-13,15-16H2,1-4H3,(H,23,24)(H,25,28). The molecule has 1 aromatic heterocycles. The van der Waals surface area contributed by atoms with Gasteiger partial charge in [-0.3, -0.25) is 4.99 Å². The van der Waals surface area contributed by atoms with Crippen LogP contribution in [-0.4, -0.2) is 59.8 Å². The molecular formula is C22H33N5O2. The van der Waals surface area contributed by atoms with E-state index in [9.17, 15) is 4.79 Å². The average molecular weight is 400 g/mol. The maximum absolute atomic E-state index is 12.0. The number of guanidine groups is 1. The monoisotopic (exact) mass is 399 g/mol. The van der Waals surface area contributed by atoms with Gasteiger partial charge in [-0.2, -0.15) is 0 Å². The van der Waals surface area contributed by atoms with Crippen molar-refractivity contribution in [3.8, 4) is 0 Å². The van der Waals surface area contributed by atoms with Gasteiger partial charge < -0.3 is 24.8 Å². The molecule has 0 aliphatic carbocycles. The molecule has 2 heterocycles. The van der Waals surface area contributed by atoms with E-state index in [2.05, 4.69) is 61.6 Å². The molecule has 158 valence electrons. The van der Waals surface area contributed by atoms with Crippen molar-refractivity contribution in [2.45, 2.75) is 51.8 Å². The van der Waals surface area contributed by atoms with E-state index in [1.807, 2.05) is 20.8 Å². The second-order valence-corrected chi connectivity index (χ2v) is 8.47. The molecule has 3 rings (SSSR count). The van der Waals surface area contributed by atoms with Gasteiger partial charge in [-0.15, -0.1) is 0 Å². The van der Waals surface area contributed by atoms with Crippen LogP contribution in [0.25, 0.3) is 10.9 Å². The van der Waals surface area contributed by atoms with Crippen LogP contribution in [0, 0.1) is 0 Å². The Kier molecular flexibility index (Phi) is 6.67. The third kappa shape index (κ3) is 5.89. The van der Waals surface area contributed by atoms with Crippen LogP contribution in [-0.2, 0) is 11.3 Å². The fourth-order valence-corrected chi connectivity index (χ4v) is 3.66. The molecule has 1 saturated heterocycles. The SMILES string of the molecule is CN=C(NCCCn1ccc2ccccc21)N1CCC(NC(=O)OC(C)(C)C)C1. The van der Waals surface area contributed by atoms with Crippen molar-refractivity contribution in [2.75, 3.05) is 26.7 Å². The summed E-state index contributed by atoms with van der Waals surface area (Å²) in [6.45, 7) is 9.02. The minimum atomic E-state index is -0.481. The maximum atomic E-state index is 12.0. The Bertz CT molecular complexity index is 852. The Morgan fingerprint density at radius 3 is 2.83 bits per heavy atom. The van der Waals surface area contributed by atoms with E-state index < -0.39 is 5.60 Å². The third-order valence-corrected chi connectivity index (χ3v) is 4.96. The summed E-state index contributed by atoms with van der Waals surface area (Å²) in [5, 5.41) is 7.69. The lowest BCUT2D eigenvalue weighted by molar-refractivity contribution is 0.0507. The maximum Gasteiger partial charge on any atom is 0.407 e. The van der Waals surface area contributed by atoms with Crippen LogP contribution < -0.4 is 10.6 Å². The number of hydrogen-bond acceptors (Lipinski definition) is 3. The summed E-state index contributed by atoms with van der Waals surface area (Å²) >= 11 is 0. The van der Waals surface area contributed by atoms with Gasteiger partial charge in [0.15, 0.2) is 5.96 Å². The zero-order valence-corrected chi connectivity index (χ0v) is 17.9. The molecule has 29 heavy (non-hydrogen) atoms. The van der Waals surface area contributed by atoms with Crippen molar-refractivity contribution in [3.63, 3.8) is 0 Å². The summed E-state index contributed by atoms with van der Waals surface area (Å²) in [5.74, 6) is 0.885. The van der Waals surface area contributed by atoms with E-state index in [1.54, 1.807) is 7.05 Å². The number of likely N-dealkylation sites (tertiary alicyclic amines) is 1. The molecule has 1 atom stereocenters. The Morgan fingerprint density at radius 2 is 2.07 bits per heavy atom. The van der Waals surface area contributed by atoms with E-state index in [4.69, 9.17) is 4.74 Å². The zero-order valence-electron chi connectivity index (χ0n) is 17.9. The second-order valence-electron chi connectivity index (χ2n) is 8.47. The number of fused-ring (bicyclic) bond motifs is 1. The summed E-state index contributed by atoms with van der Waals surface area (Å²) in [5.41, 5.74) is 0.790. The van der Waals surface area contributed by atoms with Crippen molar-refractivity contribution in [1.29, 1.82) is 0 Å². The smallest absolute Gasteiger partial charge is 0.407 e. The van der Waals surface area contributed by atoms with Crippen LogP contribution in [0.3, 0.4) is 0 Å². The first-order valence-electron chi connectivity index (χ1n) is 10.3. The fourth-order valence-electron chi connectivity index (χ4n) is 3.66. The largest absolute Gasteiger partial charge is 0.444 e. The average Bonchev–Trinajstić information content (AvgIpc) is 3.27. The van der Waals surface area contributed by atoms with Crippen molar-refractivity contribution in [1.82, 2.24) is 20.1 Å². The molecule has 0 saturated carbocycles. The van der Waals surface area contributed by atoms with Crippen molar-refractivity contribution in [3.05, 3.63) is 36.5 Å². The summed E-state index contributed by atoms with van der Waals surface area (Å²) in [6, 6.07) is 10.7. The Labute approximate surface area is 173 Å². The predicted octanol–water partition coefficient (Wildman–Crippen LogP) is 3.21. The topological polar surface area (TPSA) is 70.9 Å². The highest BCUT2D eigenvalue weighted by Gasteiger charge is 2.27. The first kappa shape index (κ1) is 21.0. The number of ether oxygens (including phenoxy) is 1. The molecule has 0 radical (unpaired) electrons. The molecular weight excluding hydrogens is 366 g/mol. The van der Waals surface area contributed by atoms with E-state index in [0.29, 0.717) is 0 Å². The Balaban J connectivity index is 1.42. The van der Waals surface area contributed by atoms with Crippen molar-refractivity contribution in [2.24, 2.45) is 4.99 Å². The van der Waals surface area contributed by atoms with E-state index in [-0.39, 0.29) is 12.1 Å². The Hall–Kier alpha value is -2.70. The molecule has 2 N–H and O–H groups in total. The van der Waals surface area contributed by atoms with Crippen LogP contribution >= 0.6 is 0 Å². The summed E-state index contributed by atoms with van der Waals surface area (Å²) in [6.07, 6.45) is 3.68. The molecule has 7 nitrogen and oxygen atoms in total. The molecule has 1 aliphatic heterocycles. The van der Waals surface area contributed by atoms with Gasteiger partial charge in [-0.1, -0.05) is 18.2 Å². The summed E-state index contributed by atoms with van der Waals surface area (Å²) < 4.78 is 7.64. The van der Waals surface area contributed by atoms with Crippen LogP contribution in [0.1, 0.15) is 33.6 Å². The highest BCUT2D eigenvalue weighted by molar-refractivity contribution is 5.81. The molecule has 1 fully saturated rings. The number of aromatic nitrogens is 1. The molecule has 1 unspecified atom stereocenters. The van der Waals surface area contributed by atoms with Gasteiger partial charge >= 0.3 is 6.09 Å². The van der Waals surface area contributed by atoms with Crippen LogP contribution in [0.15, 0.2) is 41.5 Å². The predicted molar refractivity (Wildman–Crippen MR) is 117 cm³/mol. The van der Waals surface area contributed by atoms with Crippen molar-refractivity contribution >= 4 is 23.0 Å². The van der Waals surface area contributed by atoms with Gasteiger partial charge in [0.25, 0.3) is 0 Å². The molecule has 7 heteroatoms. The van der Waals surface area contributed by atoms with Crippen molar-refractivity contribution < 1.29 is 9.53 Å². The number of alkyl carbamates (subject to hydrolysis) is 1. The molecule has 0 bridgehead atoms. The lowest BCUT2D eigenvalue weighted by Crippen LogP contribution is -2.44. The second kappa shape index (κ2) is 9.20. The number of nitrogens with one attached hydrogen (secondary N) is 2. The molecule has 2 aromatic rings. The quantitative estimate of drug-likeness (QED) is 0.460. The van der Waals surface area contributed by atoms with Gasteiger partial charge in [0.2, 0.25) is 0 Å². The number of aryl methyl sites for hydroxylation is 1. The number of carbonyl (C=O) groups is 1. The van der Waals surface area contributed by atoms with Gasteiger partial charge in [-0.25, -0.2) is 4.79 Å². The zero-order chi connectivity index (χ0) is 20.9. The van der Waals surface area contributed by atoms with Gasteiger partial charge in [-0.05, 0) is 51.1 Å². The third-order valence-electron chi connectivity index (χ3n) is 4.96. The van der Waals surface area contributed by atoms with E-state index in [1.165, 1.54) is 10.9 Å². The number of rotatable bonds is 5. The summed E-state index contributed by atoms with van der Waals surface area (Å²) in [7, 11) is 1.80. The first-order chi connectivity index (χ1) is 13.9. The lowest BCUT2D eigenvalue weighted by atomic mass is 10.2. The number of para-hydroxylation sites is 1. The number of amides is 1. The number of benzene rings is 1. The Morgan fingerprint density at radius 1 is 1.28 bits per heavy atom. The molecule has 1 amide bonds. The summed E-state index contributed by atoms with van der Waals surface area (Å²) in [4.78, 5) is 18.6. The van der Waals surface area contributed by atoms with E-state index in [0.717, 1.165) is 45.0 Å². The first-order valence-corrected chi connectivity index (χ1v) is 10.3. The number of nitrogens with zero attached hydrogens (tertiary/aromatic N) is 3. The minimum Gasteiger partial charge on any atom is -0.444 e. The highest BCUT2D eigenvalue weighted by atomic mass is 16.6. The normalized spacial score (nSPS) is 17.6. The number of hydrogen-bond donors (Lipinski definition) is 2.